The van der Waals surface area contributed by atoms with Gasteiger partial charge in [-0.1, -0.05) is 0 Å². The van der Waals surface area contributed by atoms with Crippen LogP contribution in [0.4, 0.5) is 5.69 Å². The van der Waals surface area contributed by atoms with Crippen LogP contribution in [0.15, 0.2) is 24.3 Å². The van der Waals surface area contributed by atoms with Gasteiger partial charge >= 0.3 is 11.7 Å². The fourth-order valence-electron chi connectivity index (χ4n) is 2.48. The molecule has 0 aliphatic carbocycles. The lowest BCUT2D eigenvalue weighted by molar-refractivity contribution is -0.386. The van der Waals surface area contributed by atoms with E-state index in [0.717, 1.165) is 0 Å². The van der Waals surface area contributed by atoms with E-state index in [9.17, 15) is 20.0 Å². The van der Waals surface area contributed by atoms with E-state index in [4.69, 9.17) is 9.47 Å². The molecule has 0 radical (unpaired) electrons. The smallest absolute Gasteiger partial charge is 0.338 e. The zero-order valence-electron chi connectivity index (χ0n) is 14.8. The van der Waals surface area contributed by atoms with Crippen LogP contribution < -0.4 is 4.74 Å². The summed E-state index contributed by atoms with van der Waals surface area (Å²) in [6, 6.07) is 6.36. The number of aromatic nitrogens is 2. The van der Waals surface area contributed by atoms with Crippen molar-refractivity contribution < 1.29 is 24.3 Å². The van der Waals surface area contributed by atoms with Crippen LogP contribution in [-0.4, -0.2) is 45.1 Å². The monoisotopic (exact) mass is 363 g/mol. The van der Waals surface area contributed by atoms with E-state index < -0.39 is 17.0 Å². The molecule has 0 saturated heterocycles. The Morgan fingerprint density at radius 3 is 2.54 bits per heavy atom. The Morgan fingerprint density at radius 2 is 2.00 bits per heavy atom. The van der Waals surface area contributed by atoms with Gasteiger partial charge in [0.15, 0.2) is 0 Å². The fraction of sp³-hybridized carbons (Fsp3) is 0.412. The summed E-state index contributed by atoms with van der Waals surface area (Å²) in [7, 11) is 0. The number of carbonyl (C=O) groups excluding carboxylic acids is 1. The van der Waals surface area contributed by atoms with Crippen LogP contribution in [0, 0.1) is 24.0 Å². The van der Waals surface area contributed by atoms with Crippen molar-refractivity contribution in [1.29, 1.82) is 0 Å². The predicted molar refractivity (Wildman–Crippen MR) is 92.3 cm³/mol. The summed E-state index contributed by atoms with van der Waals surface area (Å²) in [4.78, 5) is 22.1. The second-order valence-electron chi connectivity index (χ2n) is 5.67. The lowest BCUT2D eigenvalue weighted by atomic mass is 10.2. The molecule has 0 aliphatic rings. The molecule has 26 heavy (non-hydrogen) atoms. The third-order valence-electron chi connectivity index (χ3n) is 3.72. The van der Waals surface area contributed by atoms with Gasteiger partial charge in [-0.05, 0) is 45.0 Å². The van der Waals surface area contributed by atoms with Gasteiger partial charge in [0.2, 0.25) is 0 Å². The number of esters is 1. The van der Waals surface area contributed by atoms with E-state index in [1.807, 2.05) is 0 Å². The summed E-state index contributed by atoms with van der Waals surface area (Å²) in [5.41, 5.74) is 1.04. The quantitative estimate of drug-likeness (QED) is 0.433. The summed E-state index contributed by atoms with van der Waals surface area (Å²) in [5.74, 6) is 0.0710. The third kappa shape index (κ3) is 4.57. The SMILES string of the molecule is CCOC(=O)c1ccc(OC[C@@H](O)Cn2nc(C)c([N+](=O)[O-])c2C)cc1. The molecule has 0 bridgehead atoms. The van der Waals surface area contributed by atoms with Gasteiger partial charge in [0.1, 0.15) is 29.8 Å². The molecule has 1 atom stereocenters. The molecule has 2 aromatic rings. The first-order chi connectivity index (χ1) is 12.3. The van der Waals surface area contributed by atoms with Gasteiger partial charge in [-0.3, -0.25) is 14.8 Å². The van der Waals surface area contributed by atoms with Gasteiger partial charge in [0.05, 0.1) is 23.6 Å². The highest BCUT2D eigenvalue weighted by Gasteiger charge is 2.23. The molecular formula is C17H21N3O6. The van der Waals surface area contributed by atoms with Crippen LogP contribution in [0.3, 0.4) is 0 Å². The molecular weight excluding hydrogens is 342 g/mol. The zero-order chi connectivity index (χ0) is 19.3. The fourth-order valence-corrected chi connectivity index (χ4v) is 2.48. The molecule has 1 heterocycles. The number of aryl methyl sites for hydroxylation is 1. The topological polar surface area (TPSA) is 117 Å². The number of aliphatic hydroxyl groups excluding tert-OH is 1. The normalized spacial score (nSPS) is 11.8. The van der Waals surface area contributed by atoms with Crippen LogP contribution in [0.1, 0.15) is 28.7 Å². The summed E-state index contributed by atoms with van der Waals surface area (Å²) in [6.45, 7) is 5.21. The largest absolute Gasteiger partial charge is 0.491 e. The number of hydrogen-bond donors (Lipinski definition) is 1. The number of ether oxygens (including phenoxy) is 2. The Morgan fingerprint density at radius 1 is 1.35 bits per heavy atom. The van der Waals surface area contributed by atoms with Crippen LogP contribution in [0.2, 0.25) is 0 Å². The second-order valence-corrected chi connectivity index (χ2v) is 5.67. The number of hydrogen-bond acceptors (Lipinski definition) is 7. The average Bonchev–Trinajstić information content (AvgIpc) is 2.87. The average molecular weight is 363 g/mol. The number of nitro groups is 1. The Hall–Kier alpha value is -2.94. The number of carbonyl (C=O) groups is 1. The minimum atomic E-state index is -0.905. The van der Waals surface area contributed by atoms with Crippen molar-refractivity contribution in [3.63, 3.8) is 0 Å². The second kappa shape index (κ2) is 8.43. The molecule has 1 N–H and O–H groups in total. The summed E-state index contributed by atoms with van der Waals surface area (Å²) < 4.78 is 11.8. The van der Waals surface area contributed by atoms with E-state index in [1.165, 1.54) is 4.68 Å². The van der Waals surface area contributed by atoms with Crippen LogP contribution in [-0.2, 0) is 11.3 Å². The first kappa shape index (κ1) is 19.4. The zero-order valence-corrected chi connectivity index (χ0v) is 14.8. The molecule has 2 rings (SSSR count). The summed E-state index contributed by atoms with van der Waals surface area (Å²) in [5, 5.41) is 25.2. The Bertz CT molecular complexity index is 785. The van der Waals surface area contributed by atoms with Gasteiger partial charge in [-0.2, -0.15) is 5.10 Å². The van der Waals surface area contributed by atoms with Crippen molar-refractivity contribution in [3.8, 4) is 5.75 Å². The highest BCUT2D eigenvalue weighted by atomic mass is 16.6. The van der Waals surface area contributed by atoms with Gasteiger partial charge in [-0.15, -0.1) is 0 Å². The van der Waals surface area contributed by atoms with E-state index in [2.05, 4.69) is 5.10 Å². The van der Waals surface area contributed by atoms with Gasteiger partial charge in [-0.25, -0.2) is 4.79 Å². The summed E-state index contributed by atoms with van der Waals surface area (Å²) in [6.07, 6.45) is -0.905. The van der Waals surface area contributed by atoms with E-state index in [1.54, 1.807) is 45.0 Å². The maximum Gasteiger partial charge on any atom is 0.338 e. The number of rotatable bonds is 8. The lowest BCUT2D eigenvalue weighted by Gasteiger charge is -2.13. The molecule has 0 spiro atoms. The molecule has 140 valence electrons. The number of nitrogens with zero attached hydrogens (tertiary/aromatic N) is 3. The Labute approximate surface area is 150 Å². The van der Waals surface area contributed by atoms with Gasteiger partial charge in [0.25, 0.3) is 0 Å². The van der Waals surface area contributed by atoms with Crippen molar-refractivity contribution in [3.05, 3.63) is 51.3 Å². The van der Waals surface area contributed by atoms with Crippen LogP contribution in [0.5, 0.6) is 5.75 Å². The molecule has 0 unspecified atom stereocenters. The van der Waals surface area contributed by atoms with Crippen molar-refractivity contribution in [2.45, 2.75) is 33.4 Å². The maximum absolute atomic E-state index is 11.6. The van der Waals surface area contributed by atoms with Gasteiger partial charge < -0.3 is 14.6 Å². The Kier molecular flexibility index (Phi) is 6.29. The first-order valence-electron chi connectivity index (χ1n) is 8.10. The highest BCUT2D eigenvalue weighted by Crippen LogP contribution is 2.22. The number of aliphatic hydroxyl groups is 1. The standard InChI is InChI=1S/C17H21N3O6/c1-4-25-17(22)13-5-7-15(8-6-13)26-10-14(21)9-19-12(3)16(20(23)24)11(2)18-19/h5-8,14,21H,4,9-10H2,1-3H3/t14-/m0/s1. The maximum atomic E-state index is 11.6. The van der Waals surface area contributed by atoms with E-state index in [0.29, 0.717) is 29.3 Å². The third-order valence-corrected chi connectivity index (χ3v) is 3.72. The number of benzene rings is 1. The lowest BCUT2D eigenvalue weighted by Crippen LogP contribution is -2.24. The molecule has 0 saturated carbocycles. The molecule has 1 aromatic carbocycles. The van der Waals surface area contributed by atoms with Crippen molar-refractivity contribution in [2.24, 2.45) is 0 Å². The first-order valence-corrected chi connectivity index (χ1v) is 8.10. The molecule has 0 aliphatic heterocycles. The van der Waals surface area contributed by atoms with Crippen LogP contribution in [0.25, 0.3) is 0 Å². The molecule has 9 heteroatoms. The predicted octanol–water partition coefficient (Wildman–Crippen LogP) is 2.02. The molecule has 0 fully saturated rings. The van der Waals surface area contributed by atoms with Crippen molar-refractivity contribution in [1.82, 2.24) is 9.78 Å². The molecule has 0 amide bonds. The molecule has 1 aromatic heterocycles. The van der Waals surface area contributed by atoms with Crippen molar-refractivity contribution >= 4 is 11.7 Å². The highest BCUT2D eigenvalue weighted by molar-refractivity contribution is 5.89. The van der Waals surface area contributed by atoms with Crippen LogP contribution >= 0.6 is 0 Å². The summed E-state index contributed by atoms with van der Waals surface area (Å²) >= 11 is 0. The minimum absolute atomic E-state index is 0.0229. The van der Waals surface area contributed by atoms with Gasteiger partial charge in [0, 0.05) is 0 Å². The van der Waals surface area contributed by atoms with E-state index >= 15 is 0 Å². The van der Waals surface area contributed by atoms with E-state index in [-0.39, 0.29) is 18.8 Å². The van der Waals surface area contributed by atoms with Crippen molar-refractivity contribution in [2.75, 3.05) is 13.2 Å². The minimum Gasteiger partial charge on any atom is -0.491 e. The Balaban J connectivity index is 1.93. The molecule has 9 nitrogen and oxygen atoms in total.